The summed E-state index contributed by atoms with van der Waals surface area (Å²) in [6, 6.07) is 126. The Morgan fingerprint density at radius 2 is 0.347 bits per heavy atom. The Hall–Kier alpha value is -12.5. The van der Waals surface area contributed by atoms with Gasteiger partial charge in [0.25, 0.3) is 0 Å². The van der Waals surface area contributed by atoms with E-state index in [0.29, 0.717) is 0 Å². The molecule has 24 rings (SSSR count). The van der Waals surface area contributed by atoms with E-state index in [4.69, 9.17) is 0 Å². The van der Waals surface area contributed by atoms with E-state index in [1.807, 2.05) is 111 Å². The van der Waals surface area contributed by atoms with Crippen molar-refractivity contribution >= 4 is 0 Å². The first-order chi connectivity index (χ1) is 61.5. The van der Waals surface area contributed by atoms with Crippen molar-refractivity contribution < 1.29 is 0 Å². The molecular weight excluding hydrogens is 1490 g/mol. The number of hydrogen-bond donors (Lipinski definition) is 0. The van der Waals surface area contributed by atoms with E-state index in [-0.39, 0.29) is 0 Å². The molecule has 0 amide bonds. The van der Waals surface area contributed by atoms with Gasteiger partial charge in [0.2, 0.25) is 0 Å². The second-order valence-corrected chi connectivity index (χ2v) is 31.1. The summed E-state index contributed by atoms with van der Waals surface area (Å²) in [5.74, 6) is 0. The van der Waals surface area contributed by atoms with Crippen LogP contribution in [0, 0.1) is 0 Å². The predicted molar refractivity (Wildman–Crippen MR) is 539 cm³/mol. The van der Waals surface area contributed by atoms with Crippen LogP contribution in [0.25, 0.3) is 89.0 Å². The van der Waals surface area contributed by atoms with Crippen molar-refractivity contribution in [3.8, 4) is 89.0 Å². The molecule has 0 heterocycles. The second-order valence-electron chi connectivity index (χ2n) is 31.1. The third kappa shape index (κ3) is 18.3. The zero-order valence-electron chi connectivity index (χ0n) is 76.8. The van der Waals surface area contributed by atoms with Gasteiger partial charge in [-0.2, -0.15) is 0 Å². The van der Waals surface area contributed by atoms with E-state index < -0.39 is 0 Å². The van der Waals surface area contributed by atoms with Crippen LogP contribution in [0.4, 0.5) is 0 Å². The van der Waals surface area contributed by atoms with Crippen molar-refractivity contribution in [3.63, 3.8) is 0 Å². The highest BCUT2D eigenvalue weighted by atomic mass is 14.3. The van der Waals surface area contributed by atoms with Crippen molar-refractivity contribution in [1.82, 2.24) is 0 Å². The van der Waals surface area contributed by atoms with Crippen LogP contribution in [0.1, 0.15) is 244 Å². The average Bonchev–Trinajstić information content (AvgIpc) is 1.60. The molecule has 0 radical (unpaired) electrons. The number of hydrogen-bond acceptors (Lipinski definition) is 0. The Kier molecular flexibility index (Phi) is 31.0. The molecule has 0 saturated heterocycles. The van der Waals surface area contributed by atoms with Gasteiger partial charge in [-0.25, -0.2) is 0 Å². The lowest BCUT2D eigenvalue weighted by molar-refractivity contribution is 1.12. The Labute approximate surface area is 745 Å². The van der Waals surface area contributed by atoms with Crippen molar-refractivity contribution in [2.24, 2.45) is 0 Å². The molecule has 0 spiro atoms. The molecule has 124 heavy (non-hydrogen) atoms. The normalized spacial score (nSPS) is 11.7. The van der Waals surface area contributed by atoms with Gasteiger partial charge in [0.1, 0.15) is 0 Å². The van der Waals surface area contributed by atoms with E-state index >= 15 is 0 Å². The minimum atomic E-state index is 0.993. The highest BCUT2D eigenvalue weighted by Crippen LogP contribution is 2.48. The Morgan fingerprint density at radius 3 is 0.702 bits per heavy atom. The molecule has 0 unspecified atom stereocenters. The quantitative estimate of drug-likeness (QED) is 0.142. The van der Waals surface area contributed by atoms with Gasteiger partial charge in [0.05, 0.1) is 0 Å². The monoisotopic (exact) mass is 1620 g/mol. The van der Waals surface area contributed by atoms with Crippen LogP contribution in [0.15, 0.2) is 340 Å². The van der Waals surface area contributed by atoms with Gasteiger partial charge in [-0.05, 0) is 300 Å². The maximum Gasteiger partial charge on any atom is -0.00106 e. The van der Waals surface area contributed by atoms with Gasteiger partial charge in [-0.1, -0.05) is 450 Å². The van der Waals surface area contributed by atoms with Crippen molar-refractivity contribution in [2.75, 3.05) is 0 Å². The zero-order valence-corrected chi connectivity index (χ0v) is 76.8. The van der Waals surface area contributed by atoms with E-state index in [2.05, 4.69) is 340 Å². The summed E-state index contributed by atoms with van der Waals surface area (Å²) < 4.78 is 0. The second kappa shape index (κ2) is 43.0. The topological polar surface area (TPSA) is 0 Å². The fraction of sp³-hybridized carbons (Fsp3) is 0.226. The molecule has 0 saturated carbocycles. The summed E-state index contributed by atoms with van der Waals surface area (Å²) in [4.78, 5) is 0. The van der Waals surface area contributed by atoms with Crippen LogP contribution >= 0.6 is 0 Å². The van der Waals surface area contributed by atoms with Crippen molar-refractivity contribution in [3.05, 3.63) is 473 Å². The van der Waals surface area contributed by atoms with Crippen LogP contribution in [0.3, 0.4) is 0 Å². The maximum atomic E-state index is 2.43. The van der Waals surface area contributed by atoms with Crippen LogP contribution in [0.5, 0.6) is 0 Å². The zero-order chi connectivity index (χ0) is 87.2. The van der Waals surface area contributed by atoms with Crippen molar-refractivity contribution in [2.45, 2.75) is 188 Å². The van der Waals surface area contributed by atoms with E-state index in [1.54, 1.807) is 0 Å². The number of rotatable bonds is 8. The fourth-order valence-electron chi connectivity index (χ4n) is 19.9. The lowest BCUT2D eigenvalue weighted by Gasteiger charge is -2.14. The first-order valence-electron chi connectivity index (χ1n) is 47.0. The molecule has 8 aliphatic rings. The summed E-state index contributed by atoms with van der Waals surface area (Å²) in [7, 11) is 0. The lowest BCUT2D eigenvalue weighted by Crippen LogP contribution is -1.97. The molecular formula is C124H128. The number of benzene rings is 16. The third-order valence-corrected chi connectivity index (χ3v) is 24.7. The summed E-state index contributed by atoms with van der Waals surface area (Å²) in [5, 5.41) is 0. The summed E-state index contributed by atoms with van der Waals surface area (Å²) in [5.41, 5.74) is 58.1. The highest BCUT2D eigenvalue weighted by molar-refractivity contribution is 5.87. The standard InChI is InChI=1S/4C27H20.8C2H6/c1-3-12-23-20(8-1)17-26-19(9-6-14-25(23)26)16-22-11-5-10-21-15-18-7-2-4-13-24(18)27(21)22;1-3-13-24-18(7-1)15-20-9-5-11-22(26(20)24)17-23-12-6-10-21-16-19-8-2-4-14-25(19)27(21)23;1-3-10-24-19(6-1)17-23-15-18(12-13-25(23)24)14-21-8-5-9-22-16-20-7-2-4-11-26(20)27(21)22;1-3-10-24-19(6-1)16-21-13-12-18(15-26(21)24)14-22-8-5-9-23-17-20-7-2-4-11-25(20)27(22)23;8*1-2/h2*1-14H,15-17H2;2*1-13,15H,14,16-17H2;8*1-2H3. The van der Waals surface area contributed by atoms with Crippen molar-refractivity contribution in [1.29, 1.82) is 0 Å². The Bertz CT molecular complexity index is 6220. The summed E-state index contributed by atoms with van der Waals surface area (Å²) >= 11 is 0. The molecule has 0 nitrogen and oxygen atoms in total. The maximum absolute atomic E-state index is 2.43. The van der Waals surface area contributed by atoms with Crippen LogP contribution in [-0.2, 0) is 77.0 Å². The molecule has 0 atom stereocenters. The predicted octanol–water partition coefficient (Wildman–Crippen LogP) is 33.9. The minimum absolute atomic E-state index is 0.993. The van der Waals surface area contributed by atoms with Crippen LogP contribution in [-0.4, -0.2) is 0 Å². The van der Waals surface area contributed by atoms with E-state index in [9.17, 15) is 0 Å². The summed E-state index contributed by atoms with van der Waals surface area (Å²) in [6.45, 7) is 32.0. The van der Waals surface area contributed by atoms with Gasteiger partial charge >= 0.3 is 0 Å². The molecule has 0 bridgehead atoms. The van der Waals surface area contributed by atoms with Gasteiger partial charge in [0.15, 0.2) is 0 Å². The first kappa shape index (κ1) is 89.3. The smallest absolute Gasteiger partial charge is 0.00106 e. The molecule has 8 aliphatic carbocycles. The molecule has 0 fully saturated rings. The van der Waals surface area contributed by atoms with E-state index in [1.165, 1.54) is 223 Å². The SMILES string of the molecule is CC.CC.CC.CC.CC.CC.CC.CC.c1ccc2c(c1)Cc1c(Cc3cccc4c3-c3ccccc3C4)cccc1-2.c1ccc2c(c1)Cc1cc(Cc3cccc4c3-c3ccccc3C4)ccc1-2.c1ccc2c(c1)Cc1ccc(Cc3cccc4c3-c3ccccc3C4)cc1-2.c1ccc2c(c1)Cc1cccc(Cc3cccc4c3-c3ccccc3C4)c1-2. The van der Waals surface area contributed by atoms with Crippen LogP contribution < -0.4 is 0 Å². The average molecular weight is 1620 g/mol. The fourth-order valence-corrected chi connectivity index (χ4v) is 19.9. The molecule has 624 valence electrons. The molecule has 0 heteroatoms. The van der Waals surface area contributed by atoms with Gasteiger partial charge in [-0.15, -0.1) is 0 Å². The number of fused-ring (bicyclic) bond motifs is 24. The summed E-state index contributed by atoms with van der Waals surface area (Å²) in [6.07, 6.45) is 12.5. The van der Waals surface area contributed by atoms with Crippen LogP contribution in [0.2, 0.25) is 0 Å². The molecule has 16 aromatic carbocycles. The van der Waals surface area contributed by atoms with Gasteiger partial charge in [-0.3, -0.25) is 0 Å². The molecule has 0 N–H and O–H groups in total. The van der Waals surface area contributed by atoms with E-state index in [0.717, 1.165) is 77.0 Å². The third-order valence-electron chi connectivity index (χ3n) is 24.7. The molecule has 0 aliphatic heterocycles. The lowest BCUT2D eigenvalue weighted by atomic mass is 9.90. The largest absolute Gasteiger partial charge is 0.0683 e. The Morgan fingerprint density at radius 1 is 0.137 bits per heavy atom. The molecule has 0 aromatic heterocycles. The molecule has 16 aromatic rings. The minimum Gasteiger partial charge on any atom is -0.0683 e. The van der Waals surface area contributed by atoms with Gasteiger partial charge < -0.3 is 0 Å². The highest BCUT2D eigenvalue weighted by Gasteiger charge is 2.30. The Balaban J connectivity index is 0.000000135. The van der Waals surface area contributed by atoms with Gasteiger partial charge in [0, 0.05) is 0 Å². The first-order valence-corrected chi connectivity index (χ1v) is 47.0.